The van der Waals surface area contributed by atoms with Crippen LogP contribution in [0.3, 0.4) is 0 Å². The molecule has 0 saturated carbocycles. The van der Waals surface area contributed by atoms with Gasteiger partial charge in [-0.15, -0.1) is 0 Å². The summed E-state index contributed by atoms with van der Waals surface area (Å²) in [6, 6.07) is 0. The third-order valence-electron chi connectivity index (χ3n) is 0. The molecule has 0 aliphatic heterocycles. The van der Waals surface area contributed by atoms with E-state index < -0.39 is 19.1 Å². The molecular formula is NiO3Ti. The van der Waals surface area contributed by atoms with Crippen molar-refractivity contribution in [3.8, 4) is 0 Å². The minimum absolute atomic E-state index is 2.00. The second-order valence-corrected chi connectivity index (χ2v) is 0.344. The Morgan fingerprint density at radius 2 is 1.20 bits per heavy atom. The van der Waals surface area contributed by atoms with Crippen LogP contribution in [0, 0.1) is 0 Å². The molecule has 32 valence electrons. The summed E-state index contributed by atoms with van der Waals surface area (Å²) in [6.45, 7) is 0. The zero-order chi connectivity index (χ0) is 4.71. The second-order valence-electron chi connectivity index (χ2n) is 0.0833. The third-order valence-corrected chi connectivity index (χ3v) is 0. The quantitative estimate of drug-likeness (QED) is 0.448. The van der Waals surface area contributed by atoms with Gasteiger partial charge in [0, 0.05) is 0 Å². The second kappa shape index (κ2) is 23.2. The molecule has 5 heavy (non-hydrogen) atoms. The van der Waals surface area contributed by atoms with Gasteiger partial charge in [-0.3, -0.25) is 0 Å². The number of hydrogen-bond acceptors (Lipinski definition) is 3. The molecule has 0 heterocycles. The van der Waals surface area contributed by atoms with E-state index in [0.717, 1.165) is 0 Å². The van der Waals surface area contributed by atoms with Crippen molar-refractivity contribution in [1.29, 1.82) is 0 Å². The fourth-order valence-corrected chi connectivity index (χ4v) is 0. The molecule has 0 bridgehead atoms. The topological polar surface area (TPSA) is 51.2 Å². The molecule has 0 aliphatic rings. The standard InChI is InChI=1S/Ni.3O.Ti. The van der Waals surface area contributed by atoms with Gasteiger partial charge >= 0.3 is 45.0 Å². The summed E-state index contributed by atoms with van der Waals surface area (Å²) in [7, 11) is 0. The van der Waals surface area contributed by atoms with Crippen LogP contribution in [0.4, 0.5) is 0 Å². The van der Waals surface area contributed by atoms with Crippen molar-refractivity contribution in [3.63, 3.8) is 0 Å². The van der Waals surface area contributed by atoms with Gasteiger partial charge in [0.2, 0.25) is 0 Å². The normalized spacial score (nSPS) is 2.80. The molecule has 0 aromatic heterocycles. The molecule has 0 atom stereocenters. The van der Waals surface area contributed by atoms with E-state index in [9.17, 15) is 0 Å². The minimum atomic E-state index is -2.00. The number of rotatable bonds is 0. The molecule has 3 nitrogen and oxygen atoms in total. The molecule has 0 amide bonds. The van der Waals surface area contributed by atoms with E-state index in [0.29, 0.717) is 0 Å². The Labute approximate surface area is 45.3 Å². The van der Waals surface area contributed by atoms with Gasteiger partial charge in [0.1, 0.15) is 0 Å². The van der Waals surface area contributed by atoms with Gasteiger partial charge in [-0.25, -0.2) is 0 Å². The molecule has 0 spiro atoms. The van der Waals surface area contributed by atoms with E-state index in [1.54, 1.807) is 0 Å². The molecule has 0 fully saturated rings. The van der Waals surface area contributed by atoms with Crippen LogP contribution in [0.2, 0.25) is 0 Å². The molecule has 0 unspecified atom stereocenters. The van der Waals surface area contributed by atoms with Crippen LogP contribution in [-0.2, 0) is 45.0 Å². The first-order valence-electron chi connectivity index (χ1n) is 0.537. The summed E-state index contributed by atoms with van der Waals surface area (Å²) in [5.41, 5.74) is 0. The van der Waals surface area contributed by atoms with Crippen LogP contribution in [0.1, 0.15) is 0 Å². The Hall–Kier alpha value is 0.608. The van der Waals surface area contributed by atoms with Crippen LogP contribution >= 0.6 is 0 Å². The van der Waals surface area contributed by atoms with Crippen LogP contribution in [-0.4, -0.2) is 0 Å². The molecule has 5 heteroatoms. The predicted molar refractivity (Wildman–Crippen MR) is 2.06 cm³/mol. The van der Waals surface area contributed by atoms with E-state index in [1.807, 2.05) is 0 Å². The third kappa shape index (κ3) is 84.8. The van der Waals surface area contributed by atoms with Crippen LogP contribution < -0.4 is 0 Å². The molecule has 0 radical (unpaired) electrons. The Kier molecular flexibility index (Phi) is 42.4. The van der Waals surface area contributed by atoms with Crippen molar-refractivity contribution in [2.45, 2.75) is 0 Å². The molecule has 0 aliphatic carbocycles. The Balaban J connectivity index is 0. The van der Waals surface area contributed by atoms with Gasteiger partial charge in [0.05, 0.1) is 0 Å². The van der Waals surface area contributed by atoms with Gasteiger partial charge in [0.25, 0.3) is 0 Å². The van der Waals surface area contributed by atoms with E-state index in [1.165, 1.54) is 0 Å². The fourth-order valence-electron chi connectivity index (χ4n) is 0. The number of hydrogen-bond donors (Lipinski definition) is 0. The summed E-state index contributed by atoms with van der Waals surface area (Å²) in [5.74, 6) is 0. The SMILES string of the molecule is [O]=[Ni].[O]=[Ti]=[O]. The fraction of sp³-hybridized carbons (Fsp3) is 0. The van der Waals surface area contributed by atoms with Crippen molar-refractivity contribution in [2.75, 3.05) is 0 Å². The molecule has 0 N–H and O–H groups in total. The van der Waals surface area contributed by atoms with Crippen molar-refractivity contribution < 1.29 is 45.0 Å². The monoisotopic (exact) mass is 154 g/mol. The first-order chi connectivity index (χ1) is 2.41. The summed E-state index contributed by atoms with van der Waals surface area (Å²) < 4.78 is 24.9. The maximum absolute atomic E-state index is 8.50. The Bertz CT molecular complexity index is 36.2. The summed E-state index contributed by atoms with van der Waals surface area (Å²) >= 11 is 0.625. The Morgan fingerprint density at radius 1 is 1.20 bits per heavy atom. The van der Waals surface area contributed by atoms with Crippen LogP contribution in [0.15, 0.2) is 0 Å². The zero-order valence-corrected chi connectivity index (χ0v) is 4.59. The first-order valence-corrected chi connectivity index (χ1v) is 2.22. The van der Waals surface area contributed by atoms with Crippen molar-refractivity contribution in [1.82, 2.24) is 0 Å². The van der Waals surface area contributed by atoms with Gasteiger partial charge in [0.15, 0.2) is 0 Å². The van der Waals surface area contributed by atoms with E-state index in [4.69, 9.17) is 10.5 Å². The summed E-state index contributed by atoms with van der Waals surface area (Å²) in [6.07, 6.45) is 0. The summed E-state index contributed by atoms with van der Waals surface area (Å²) in [4.78, 5) is 0. The average Bonchev–Trinajstić information content (AvgIpc) is 1.46. The van der Waals surface area contributed by atoms with Gasteiger partial charge in [-0.2, -0.15) is 0 Å². The van der Waals surface area contributed by atoms with Crippen molar-refractivity contribution in [3.05, 3.63) is 0 Å². The zero-order valence-electron chi connectivity index (χ0n) is 2.04. The van der Waals surface area contributed by atoms with Crippen molar-refractivity contribution in [2.24, 2.45) is 0 Å². The molecule has 0 rings (SSSR count). The summed E-state index contributed by atoms with van der Waals surface area (Å²) in [5, 5.41) is 0. The van der Waals surface area contributed by atoms with Gasteiger partial charge in [-0.1, -0.05) is 0 Å². The molecule has 0 aromatic carbocycles. The first kappa shape index (κ1) is 9.15. The average molecular weight is 155 g/mol. The predicted octanol–water partition coefficient (Wildman–Crippen LogP) is -0.361. The molecule has 0 aromatic rings. The van der Waals surface area contributed by atoms with Gasteiger partial charge in [-0.05, 0) is 0 Å². The van der Waals surface area contributed by atoms with E-state index in [2.05, 4.69) is 15.4 Å². The van der Waals surface area contributed by atoms with Crippen LogP contribution in [0.25, 0.3) is 0 Å². The van der Waals surface area contributed by atoms with Crippen molar-refractivity contribution >= 4 is 0 Å². The maximum atomic E-state index is 8.50. The Morgan fingerprint density at radius 3 is 1.20 bits per heavy atom. The molecule has 0 saturated heterocycles. The molecular weight excluding hydrogens is 155 g/mol. The van der Waals surface area contributed by atoms with E-state index in [-0.39, 0.29) is 0 Å². The van der Waals surface area contributed by atoms with Gasteiger partial charge < -0.3 is 0 Å². The van der Waals surface area contributed by atoms with Crippen LogP contribution in [0.5, 0.6) is 0 Å². The van der Waals surface area contributed by atoms with E-state index >= 15 is 0 Å².